The van der Waals surface area contributed by atoms with Crippen molar-refractivity contribution < 1.29 is 37.0 Å². The number of benzene rings is 2. The lowest BCUT2D eigenvalue weighted by atomic mass is 10.1. The Hall–Kier alpha value is -4.88. The van der Waals surface area contributed by atoms with Crippen molar-refractivity contribution in [1.29, 1.82) is 0 Å². The summed E-state index contributed by atoms with van der Waals surface area (Å²) in [7, 11) is 0. The summed E-state index contributed by atoms with van der Waals surface area (Å²) in [5.74, 6) is 0.570. The third-order valence-electron chi connectivity index (χ3n) is 7.55. The van der Waals surface area contributed by atoms with Crippen LogP contribution in [0.4, 0.5) is 34.1 Å². The maximum absolute atomic E-state index is 13.1. The Morgan fingerprint density at radius 1 is 1.04 bits per heavy atom. The van der Waals surface area contributed by atoms with E-state index in [9.17, 15) is 27.6 Å². The van der Waals surface area contributed by atoms with Gasteiger partial charge in [0.2, 0.25) is 11.8 Å². The topological polar surface area (TPSA) is 117 Å². The quantitative estimate of drug-likeness (QED) is 0.339. The number of carbonyl (C=O) groups is 3. The first kappa shape index (κ1) is 32.5. The van der Waals surface area contributed by atoms with Gasteiger partial charge in [-0.2, -0.15) is 13.2 Å². The molecule has 46 heavy (non-hydrogen) atoms. The molecular formula is C32H35F3N6O5. The number of rotatable bonds is 6. The number of nitrogens with one attached hydrogen (secondary N) is 1. The largest absolute Gasteiger partial charge is 0.444 e. The van der Waals surface area contributed by atoms with E-state index in [1.807, 2.05) is 0 Å². The molecule has 0 bridgehead atoms. The van der Waals surface area contributed by atoms with Crippen LogP contribution in [0.5, 0.6) is 11.6 Å². The van der Waals surface area contributed by atoms with Crippen LogP contribution in [0.1, 0.15) is 50.9 Å². The first-order valence-electron chi connectivity index (χ1n) is 14.8. The summed E-state index contributed by atoms with van der Waals surface area (Å²) in [6.07, 6.45) is -2.46. The second-order valence-corrected chi connectivity index (χ2v) is 12.2. The number of urea groups is 1. The van der Waals surface area contributed by atoms with Crippen LogP contribution in [0.2, 0.25) is 0 Å². The smallest absolute Gasteiger partial charge is 0.416 e. The molecule has 14 heteroatoms. The molecule has 5 rings (SSSR count). The van der Waals surface area contributed by atoms with Gasteiger partial charge in [-0.3, -0.25) is 9.69 Å². The number of halogens is 3. The minimum absolute atomic E-state index is 0.0458. The minimum atomic E-state index is -4.52. The van der Waals surface area contributed by atoms with E-state index in [0.29, 0.717) is 49.6 Å². The van der Waals surface area contributed by atoms with Crippen molar-refractivity contribution in [3.05, 3.63) is 71.7 Å². The predicted molar refractivity (Wildman–Crippen MR) is 162 cm³/mol. The van der Waals surface area contributed by atoms with Crippen LogP contribution in [0.25, 0.3) is 0 Å². The van der Waals surface area contributed by atoms with E-state index < -0.39 is 29.5 Å². The Morgan fingerprint density at radius 3 is 2.54 bits per heavy atom. The Balaban J connectivity index is 1.22. The lowest BCUT2D eigenvalue weighted by Crippen LogP contribution is -2.42. The van der Waals surface area contributed by atoms with Gasteiger partial charge in [0.25, 0.3) is 0 Å². The maximum atomic E-state index is 13.1. The van der Waals surface area contributed by atoms with E-state index in [-0.39, 0.29) is 30.1 Å². The van der Waals surface area contributed by atoms with Crippen LogP contribution in [0.15, 0.2) is 54.9 Å². The maximum Gasteiger partial charge on any atom is 0.416 e. The van der Waals surface area contributed by atoms with E-state index >= 15 is 0 Å². The van der Waals surface area contributed by atoms with Gasteiger partial charge in [0.15, 0.2) is 0 Å². The average Bonchev–Trinajstić information content (AvgIpc) is 3.63. The van der Waals surface area contributed by atoms with Gasteiger partial charge in [0.05, 0.1) is 23.8 Å². The molecule has 0 spiro atoms. The number of nitrogens with zero attached hydrogens (tertiary/aromatic N) is 5. The van der Waals surface area contributed by atoms with E-state index in [4.69, 9.17) is 9.47 Å². The molecule has 0 saturated carbocycles. The summed E-state index contributed by atoms with van der Waals surface area (Å²) < 4.78 is 50.7. The van der Waals surface area contributed by atoms with Crippen molar-refractivity contribution in [2.75, 3.05) is 29.9 Å². The highest BCUT2D eigenvalue weighted by atomic mass is 19.4. The normalized spacial score (nSPS) is 16.2. The van der Waals surface area contributed by atoms with Crippen molar-refractivity contribution in [2.24, 2.45) is 0 Å². The van der Waals surface area contributed by atoms with Crippen LogP contribution in [-0.4, -0.2) is 69.1 Å². The first-order chi connectivity index (χ1) is 21.7. The molecule has 0 aliphatic carbocycles. The SMILES string of the molecule is CC(=O)N(Cc1cc(Oc2ccc3c(c2)CCN3C(=O)Nc2cccc(C(F)(F)F)c2)ncn1)C1CCN(C(=O)OC(C)(C)C)C1. The fraction of sp³-hybridized carbons (Fsp3) is 0.406. The second kappa shape index (κ2) is 12.9. The highest BCUT2D eigenvalue weighted by Gasteiger charge is 2.34. The molecule has 1 unspecified atom stereocenters. The molecule has 1 saturated heterocycles. The third-order valence-corrected chi connectivity index (χ3v) is 7.55. The zero-order valence-electron chi connectivity index (χ0n) is 25.9. The highest BCUT2D eigenvalue weighted by Crippen LogP contribution is 2.34. The Bertz CT molecular complexity index is 1630. The van der Waals surface area contributed by atoms with Crippen LogP contribution >= 0.6 is 0 Å². The van der Waals surface area contributed by atoms with Gasteiger partial charge in [0.1, 0.15) is 17.7 Å². The van der Waals surface area contributed by atoms with Crippen molar-refractivity contribution in [1.82, 2.24) is 19.8 Å². The molecule has 0 radical (unpaired) electrons. The number of anilines is 2. The van der Waals surface area contributed by atoms with Gasteiger partial charge >= 0.3 is 18.3 Å². The molecule has 11 nitrogen and oxygen atoms in total. The lowest BCUT2D eigenvalue weighted by molar-refractivity contribution is -0.137. The number of fused-ring (bicyclic) bond motifs is 1. The number of ether oxygens (including phenoxy) is 2. The average molecular weight is 641 g/mol. The van der Waals surface area contributed by atoms with Crippen molar-refractivity contribution in [2.45, 2.75) is 64.9 Å². The monoisotopic (exact) mass is 640 g/mol. The molecule has 244 valence electrons. The van der Waals surface area contributed by atoms with Gasteiger partial charge in [-0.25, -0.2) is 19.6 Å². The van der Waals surface area contributed by atoms with Crippen molar-refractivity contribution in [3.63, 3.8) is 0 Å². The van der Waals surface area contributed by atoms with Crippen molar-refractivity contribution in [3.8, 4) is 11.6 Å². The van der Waals surface area contributed by atoms with Crippen LogP contribution in [0, 0.1) is 0 Å². The molecule has 4 amide bonds. The number of carbonyl (C=O) groups excluding carboxylic acids is 3. The van der Waals surface area contributed by atoms with E-state index in [0.717, 1.165) is 17.7 Å². The number of hydrogen-bond acceptors (Lipinski definition) is 7. The fourth-order valence-corrected chi connectivity index (χ4v) is 5.42. The number of likely N-dealkylation sites (tertiary alicyclic amines) is 1. The highest BCUT2D eigenvalue weighted by molar-refractivity contribution is 6.03. The molecule has 1 aromatic heterocycles. The predicted octanol–water partition coefficient (Wildman–Crippen LogP) is 6.24. The van der Waals surface area contributed by atoms with Crippen LogP contribution in [-0.2, 0) is 28.7 Å². The zero-order chi connectivity index (χ0) is 33.2. The van der Waals surface area contributed by atoms with E-state index in [2.05, 4.69) is 15.3 Å². The van der Waals surface area contributed by atoms with E-state index in [1.54, 1.807) is 54.8 Å². The molecule has 3 aromatic rings. The Morgan fingerprint density at radius 2 is 1.83 bits per heavy atom. The molecule has 2 aliphatic heterocycles. The molecule has 1 atom stereocenters. The molecule has 2 aromatic carbocycles. The van der Waals surface area contributed by atoms with Crippen LogP contribution < -0.4 is 15.0 Å². The van der Waals surface area contributed by atoms with Crippen molar-refractivity contribution >= 4 is 29.4 Å². The van der Waals surface area contributed by atoms with Gasteiger partial charge in [0, 0.05) is 44.0 Å². The Kier molecular flexibility index (Phi) is 9.08. The molecule has 1 fully saturated rings. The number of amides is 4. The molecule has 2 aliphatic rings. The summed E-state index contributed by atoms with van der Waals surface area (Å²) in [5.41, 5.74) is 0.576. The van der Waals surface area contributed by atoms with Gasteiger partial charge in [-0.1, -0.05) is 6.07 Å². The minimum Gasteiger partial charge on any atom is -0.444 e. The number of aromatic nitrogens is 2. The second-order valence-electron chi connectivity index (χ2n) is 12.2. The first-order valence-corrected chi connectivity index (χ1v) is 14.8. The lowest BCUT2D eigenvalue weighted by Gasteiger charge is -2.28. The fourth-order valence-electron chi connectivity index (χ4n) is 5.42. The molecule has 1 N–H and O–H groups in total. The summed E-state index contributed by atoms with van der Waals surface area (Å²) >= 11 is 0. The summed E-state index contributed by atoms with van der Waals surface area (Å²) in [6, 6.07) is 10.5. The number of hydrogen-bond donors (Lipinski definition) is 1. The third kappa shape index (κ3) is 7.85. The summed E-state index contributed by atoms with van der Waals surface area (Å²) in [5, 5.41) is 2.54. The standard InChI is InChI=1S/C32H35F3N6O5/c1-20(42)41(25-11-12-39(18-25)30(44)46-31(2,3)4)17-24-16-28(37-19-36-24)45-26-8-9-27-21(14-26)10-13-40(27)29(43)38-23-7-5-6-22(15-23)32(33,34)35/h5-9,14-16,19,25H,10-13,17-18H2,1-4H3,(H,38,43). The van der Waals surface area contributed by atoms with E-state index in [1.165, 1.54) is 30.3 Å². The van der Waals surface area contributed by atoms with Gasteiger partial charge in [-0.15, -0.1) is 0 Å². The van der Waals surface area contributed by atoms with Gasteiger partial charge in [-0.05, 0) is 75.6 Å². The number of alkyl halides is 3. The van der Waals surface area contributed by atoms with Gasteiger partial charge < -0.3 is 24.6 Å². The van der Waals surface area contributed by atoms with Crippen LogP contribution in [0.3, 0.4) is 0 Å². The zero-order valence-corrected chi connectivity index (χ0v) is 25.9. The summed E-state index contributed by atoms with van der Waals surface area (Å²) in [4.78, 5) is 51.3. The molecular weight excluding hydrogens is 605 g/mol. The molecule has 3 heterocycles. The summed E-state index contributed by atoms with van der Waals surface area (Å²) in [6.45, 7) is 8.26. The Labute approximate surface area is 264 Å².